The zero-order valence-electron chi connectivity index (χ0n) is 14.5. The molecule has 7 heteroatoms. The monoisotopic (exact) mass is 435 g/mol. The molecule has 1 heterocycles. The highest BCUT2D eigenvalue weighted by molar-refractivity contribution is 9.10. The van der Waals surface area contributed by atoms with Crippen LogP contribution in [0.25, 0.3) is 11.8 Å². The molecular formula is C21H14BrN3O3. The first-order valence-electron chi connectivity index (χ1n) is 8.18. The van der Waals surface area contributed by atoms with E-state index in [9.17, 15) is 20.0 Å². The molecule has 0 atom stereocenters. The van der Waals surface area contributed by atoms with Crippen molar-refractivity contribution in [1.29, 1.82) is 5.26 Å². The van der Waals surface area contributed by atoms with Crippen molar-refractivity contribution in [2.45, 2.75) is 0 Å². The van der Waals surface area contributed by atoms with Crippen LogP contribution >= 0.6 is 15.9 Å². The van der Waals surface area contributed by atoms with Gasteiger partial charge in [-0.25, -0.2) is 4.79 Å². The maximum absolute atomic E-state index is 12.5. The minimum atomic E-state index is -1.03. The molecule has 0 radical (unpaired) electrons. The van der Waals surface area contributed by atoms with E-state index in [0.717, 1.165) is 4.47 Å². The van der Waals surface area contributed by atoms with Crippen LogP contribution in [0.1, 0.15) is 16.1 Å². The maximum atomic E-state index is 12.5. The highest BCUT2D eigenvalue weighted by Crippen LogP contribution is 2.19. The van der Waals surface area contributed by atoms with E-state index in [1.807, 2.05) is 12.1 Å². The number of hydrogen-bond acceptors (Lipinski definition) is 3. The van der Waals surface area contributed by atoms with E-state index in [0.29, 0.717) is 17.1 Å². The summed E-state index contributed by atoms with van der Waals surface area (Å²) in [6.45, 7) is 0. The Balaban J connectivity index is 1.91. The van der Waals surface area contributed by atoms with Crippen LogP contribution in [0.15, 0.2) is 76.9 Å². The molecule has 0 unspecified atom stereocenters. The minimum Gasteiger partial charge on any atom is -0.478 e. The summed E-state index contributed by atoms with van der Waals surface area (Å²) >= 11 is 3.33. The van der Waals surface area contributed by atoms with Crippen molar-refractivity contribution < 1.29 is 14.7 Å². The first kappa shape index (κ1) is 19.1. The van der Waals surface area contributed by atoms with Crippen LogP contribution in [0.4, 0.5) is 5.69 Å². The van der Waals surface area contributed by atoms with Crippen LogP contribution in [0.3, 0.4) is 0 Å². The lowest BCUT2D eigenvalue weighted by molar-refractivity contribution is -0.112. The summed E-state index contributed by atoms with van der Waals surface area (Å²) in [5, 5.41) is 21.3. The third-order valence-electron chi connectivity index (χ3n) is 3.89. The van der Waals surface area contributed by atoms with E-state index in [1.54, 1.807) is 53.2 Å². The van der Waals surface area contributed by atoms with Crippen LogP contribution in [0, 0.1) is 11.3 Å². The van der Waals surface area contributed by atoms with Gasteiger partial charge in [-0.3, -0.25) is 4.79 Å². The van der Waals surface area contributed by atoms with Gasteiger partial charge in [-0.1, -0.05) is 28.1 Å². The number of amides is 1. The predicted molar refractivity (Wildman–Crippen MR) is 109 cm³/mol. The highest BCUT2D eigenvalue weighted by atomic mass is 79.9. The lowest BCUT2D eigenvalue weighted by atomic mass is 10.2. The summed E-state index contributed by atoms with van der Waals surface area (Å²) in [5.74, 6) is -1.56. The number of nitrogens with zero attached hydrogens (tertiary/aromatic N) is 2. The lowest BCUT2D eigenvalue weighted by Crippen LogP contribution is -2.13. The molecule has 2 N–H and O–H groups in total. The molecule has 0 aliphatic heterocycles. The van der Waals surface area contributed by atoms with Crippen molar-refractivity contribution in [2.75, 3.05) is 5.32 Å². The van der Waals surface area contributed by atoms with Crippen LogP contribution in [-0.4, -0.2) is 21.6 Å². The van der Waals surface area contributed by atoms with Crippen LogP contribution in [0.2, 0.25) is 0 Å². The van der Waals surface area contributed by atoms with Crippen LogP contribution < -0.4 is 5.32 Å². The number of aromatic carboxylic acids is 1. The normalized spacial score (nSPS) is 10.9. The second kappa shape index (κ2) is 8.37. The summed E-state index contributed by atoms with van der Waals surface area (Å²) in [7, 11) is 0. The Bertz CT molecular complexity index is 1130. The van der Waals surface area contributed by atoms with E-state index in [-0.39, 0.29) is 11.1 Å². The molecule has 28 heavy (non-hydrogen) atoms. The number of carbonyl (C=O) groups excluding carboxylic acids is 1. The molecule has 1 aromatic heterocycles. The lowest BCUT2D eigenvalue weighted by Gasteiger charge is -2.09. The number of benzene rings is 2. The van der Waals surface area contributed by atoms with Gasteiger partial charge < -0.3 is 15.0 Å². The van der Waals surface area contributed by atoms with Crippen molar-refractivity contribution >= 4 is 39.6 Å². The number of anilines is 1. The molecule has 3 rings (SSSR count). The summed E-state index contributed by atoms with van der Waals surface area (Å²) in [6, 6.07) is 18.9. The van der Waals surface area contributed by atoms with E-state index in [2.05, 4.69) is 21.2 Å². The smallest absolute Gasteiger partial charge is 0.335 e. The Morgan fingerprint density at radius 1 is 1.11 bits per heavy atom. The van der Waals surface area contributed by atoms with Gasteiger partial charge >= 0.3 is 5.97 Å². The molecule has 0 fully saturated rings. The number of carboxylic acids is 1. The molecule has 2 aromatic carbocycles. The third kappa shape index (κ3) is 4.37. The Morgan fingerprint density at radius 2 is 1.89 bits per heavy atom. The van der Waals surface area contributed by atoms with E-state index in [4.69, 9.17) is 0 Å². The predicted octanol–water partition coefficient (Wildman–Crippen LogP) is 4.48. The van der Waals surface area contributed by atoms with E-state index >= 15 is 0 Å². The van der Waals surface area contributed by atoms with Gasteiger partial charge in [0.1, 0.15) is 11.6 Å². The van der Waals surface area contributed by atoms with Gasteiger partial charge in [0, 0.05) is 27.7 Å². The zero-order chi connectivity index (χ0) is 20.1. The van der Waals surface area contributed by atoms with Crippen molar-refractivity contribution in [3.63, 3.8) is 0 Å². The fourth-order valence-electron chi connectivity index (χ4n) is 2.60. The fraction of sp³-hybridized carbons (Fsp3) is 0. The summed E-state index contributed by atoms with van der Waals surface area (Å²) < 4.78 is 2.51. The van der Waals surface area contributed by atoms with Crippen LogP contribution in [0.5, 0.6) is 0 Å². The number of carboxylic acid groups (broad SMARTS) is 1. The summed E-state index contributed by atoms with van der Waals surface area (Å²) in [6.07, 6.45) is 3.19. The molecule has 0 aliphatic carbocycles. The molecule has 0 spiro atoms. The molecule has 1 amide bonds. The van der Waals surface area contributed by atoms with Crippen LogP contribution in [-0.2, 0) is 4.79 Å². The SMILES string of the molecule is N#CC(=Cc1cccn1-c1cccc(C(=O)O)c1)C(=O)Nc1cccc(Br)c1. The Kier molecular flexibility index (Phi) is 5.72. The second-order valence-electron chi connectivity index (χ2n) is 5.79. The molecule has 3 aromatic rings. The molecule has 0 saturated carbocycles. The first-order chi connectivity index (χ1) is 13.5. The number of hydrogen-bond donors (Lipinski definition) is 2. The fourth-order valence-corrected chi connectivity index (χ4v) is 3.00. The number of carbonyl (C=O) groups is 2. The number of halogens is 1. The minimum absolute atomic E-state index is 0.0747. The molecule has 0 aliphatic rings. The van der Waals surface area contributed by atoms with Gasteiger partial charge in [0.2, 0.25) is 0 Å². The highest BCUT2D eigenvalue weighted by Gasteiger charge is 2.12. The van der Waals surface area contributed by atoms with Gasteiger partial charge in [-0.2, -0.15) is 5.26 Å². The average molecular weight is 436 g/mol. The molecular weight excluding hydrogens is 422 g/mol. The number of rotatable bonds is 5. The van der Waals surface area contributed by atoms with Gasteiger partial charge in [-0.05, 0) is 54.6 Å². The van der Waals surface area contributed by atoms with Crippen molar-refractivity contribution in [3.05, 3.63) is 88.2 Å². The Morgan fingerprint density at radius 3 is 2.61 bits per heavy atom. The van der Waals surface area contributed by atoms with Crippen molar-refractivity contribution in [3.8, 4) is 11.8 Å². The number of nitrogens with one attached hydrogen (secondary N) is 1. The number of nitriles is 1. The third-order valence-corrected chi connectivity index (χ3v) is 4.38. The second-order valence-corrected chi connectivity index (χ2v) is 6.71. The largest absolute Gasteiger partial charge is 0.478 e. The van der Waals surface area contributed by atoms with Gasteiger partial charge in [-0.15, -0.1) is 0 Å². The molecule has 0 saturated heterocycles. The summed E-state index contributed by atoms with van der Waals surface area (Å²) in [5.41, 5.74) is 1.82. The van der Waals surface area contributed by atoms with E-state index in [1.165, 1.54) is 18.2 Å². The zero-order valence-corrected chi connectivity index (χ0v) is 16.1. The summed E-state index contributed by atoms with van der Waals surface area (Å²) in [4.78, 5) is 23.7. The topological polar surface area (TPSA) is 95.1 Å². The Labute approximate surface area is 169 Å². The van der Waals surface area contributed by atoms with Gasteiger partial charge in [0.05, 0.1) is 5.56 Å². The van der Waals surface area contributed by atoms with Gasteiger partial charge in [0.25, 0.3) is 5.91 Å². The van der Waals surface area contributed by atoms with E-state index < -0.39 is 11.9 Å². The number of aromatic nitrogens is 1. The molecule has 0 bridgehead atoms. The average Bonchev–Trinajstić information content (AvgIpc) is 3.14. The quantitative estimate of drug-likeness (QED) is 0.455. The molecule has 6 nitrogen and oxygen atoms in total. The first-order valence-corrected chi connectivity index (χ1v) is 8.97. The van der Waals surface area contributed by atoms with Crippen molar-refractivity contribution in [1.82, 2.24) is 4.57 Å². The van der Waals surface area contributed by atoms with Gasteiger partial charge in [0.15, 0.2) is 0 Å². The standard InChI is InChI=1S/C21H14BrN3O3/c22-16-5-2-6-17(12-16)24-20(26)15(13-23)11-19-8-3-9-25(19)18-7-1-4-14(10-18)21(27)28/h1-12H,(H,24,26)(H,27,28). The van der Waals surface area contributed by atoms with Crippen molar-refractivity contribution in [2.24, 2.45) is 0 Å². The molecule has 138 valence electrons. The Hall–Kier alpha value is -3.63. The maximum Gasteiger partial charge on any atom is 0.335 e.